The van der Waals surface area contributed by atoms with Gasteiger partial charge in [-0.25, -0.2) is 0 Å². The van der Waals surface area contributed by atoms with Crippen molar-refractivity contribution in [1.82, 2.24) is 5.32 Å². The number of hydrogen-bond donors (Lipinski definition) is 1. The maximum absolute atomic E-state index is 6.14. The molecule has 108 valence electrons. The summed E-state index contributed by atoms with van der Waals surface area (Å²) in [7, 11) is 0. The van der Waals surface area contributed by atoms with Gasteiger partial charge < -0.3 is 5.32 Å². The molecule has 0 radical (unpaired) electrons. The van der Waals surface area contributed by atoms with Crippen LogP contribution in [0.25, 0.3) is 0 Å². The van der Waals surface area contributed by atoms with E-state index in [1.165, 1.54) is 15.3 Å². The Morgan fingerprint density at radius 3 is 2.60 bits per heavy atom. The molecule has 0 saturated carbocycles. The molecule has 1 aromatic carbocycles. The number of hydrogen-bond acceptors (Lipinski definition) is 2. The number of aryl methyl sites for hydroxylation is 1. The lowest BCUT2D eigenvalue weighted by molar-refractivity contribution is 0.551. The summed E-state index contributed by atoms with van der Waals surface area (Å²) in [6.07, 6.45) is 2.11. The van der Waals surface area contributed by atoms with E-state index in [0.29, 0.717) is 0 Å². The van der Waals surface area contributed by atoms with Crippen LogP contribution < -0.4 is 5.32 Å². The lowest BCUT2D eigenvalue weighted by atomic mass is 10.0. The molecule has 0 bridgehead atoms. The molecule has 1 unspecified atom stereocenters. The minimum absolute atomic E-state index is 0.288. The third kappa shape index (κ3) is 4.08. The topological polar surface area (TPSA) is 12.0 Å². The molecule has 1 atom stereocenters. The number of nitrogens with one attached hydrogen (secondary N) is 1. The molecule has 1 N–H and O–H groups in total. The van der Waals surface area contributed by atoms with Crippen molar-refractivity contribution in [3.05, 3.63) is 55.1 Å². The largest absolute Gasteiger partial charge is 0.310 e. The number of halogens is 2. The average Bonchev–Trinajstić information content (AvgIpc) is 2.89. The molecular weight excluding hydrogens is 354 g/mol. The first-order valence-electron chi connectivity index (χ1n) is 6.90. The van der Waals surface area contributed by atoms with Crippen LogP contribution in [-0.4, -0.2) is 6.54 Å². The highest BCUT2D eigenvalue weighted by Gasteiger charge is 2.15. The Labute approximate surface area is 138 Å². The molecule has 0 amide bonds. The SMILES string of the molecule is CCNC(Cc1ccc(CC)s1)c1cc(Cl)ccc1Br. The molecule has 20 heavy (non-hydrogen) atoms. The van der Waals surface area contributed by atoms with E-state index in [0.717, 1.165) is 28.9 Å². The fourth-order valence-corrected chi connectivity index (χ4v) is 3.95. The monoisotopic (exact) mass is 371 g/mol. The first-order chi connectivity index (χ1) is 9.63. The number of thiophene rings is 1. The van der Waals surface area contributed by atoms with Crippen LogP contribution >= 0.6 is 38.9 Å². The minimum atomic E-state index is 0.288. The van der Waals surface area contributed by atoms with Crippen molar-refractivity contribution in [2.45, 2.75) is 32.7 Å². The Morgan fingerprint density at radius 1 is 1.20 bits per heavy atom. The molecule has 0 fully saturated rings. The maximum atomic E-state index is 6.14. The van der Waals surface area contributed by atoms with Crippen LogP contribution in [0.5, 0.6) is 0 Å². The van der Waals surface area contributed by atoms with Gasteiger partial charge in [0.05, 0.1) is 0 Å². The maximum Gasteiger partial charge on any atom is 0.0410 e. The normalized spacial score (nSPS) is 12.6. The standard InChI is InChI=1S/C16H19BrClNS/c1-3-12-6-7-13(20-12)10-16(19-4-2)14-9-11(18)5-8-15(14)17/h5-9,16,19H,3-4,10H2,1-2H3. The molecule has 2 aromatic rings. The number of benzene rings is 1. The van der Waals surface area contributed by atoms with Crippen LogP contribution in [0, 0.1) is 0 Å². The van der Waals surface area contributed by atoms with E-state index in [9.17, 15) is 0 Å². The van der Waals surface area contributed by atoms with E-state index in [-0.39, 0.29) is 6.04 Å². The average molecular weight is 373 g/mol. The van der Waals surface area contributed by atoms with E-state index in [2.05, 4.69) is 47.2 Å². The van der Waals surface area contributed by atoms with Gasteiger partial charge in [0.2, 0.25) is 0 Å². The molecular formula is C16H19BrClNS. The Hall–Kier alpha value is -0.350. The molecule has 0 aliphatic carbocycles. The predicted octanol–water partition coefficient (Wildman–Crippen LogP) is 5.62. The van der Waals surface area contributed by atoms with Crippen LogP contribution in [0.3, 0.4) is 0 Å². The smallest absolute Gasteiger partial charge is 0.0410 e. The fraction of sp³-hybridized carbons (Fsp3) is 0.375. The summed E-state index contributed by atoms with van der Waals surface area (Å²) >= 11 is 11.7. The van der Waals surface area contributed by atoms with E-state index in [1.807, 2.05) is 29.5 Å². The number of rotatable bonds is 6. The van der Waals surface area contributed by atoms with E-state index in [4.69, 9.17) is 11.6 Å². The van der Waals surface area contributed by atoms with Crippen molar-refractivity contribution in [1.29, 1.82) is 0 Å². The fourth-order valence-electron chi connectivity index (χ4n) is 2.24. The van der Waals surface area contributed by atoms with Gasteiger partial charge in [0.1, 0.15) is 0 Å². The Balaban J connectivity index is 2.23. The summed E-state index contributed by atoms with van der Waals surface area (Å²) in [5, 5.41) is 4.34. The van der Waals surface area contributed by atoms with Crippen LogP contribution in [-0.2, 0) is 12.8 Å². The van der Waals surface area contributed by atoms with Gasteiger partial charge in [0.25, 0.3) is 0 Å². The Bertz CT molecular complexity index is 567. The second-order valence-electron chi connectivity index (χ2n) is 4.70. The van der Waals surface area contributed by atoms with Crippen molar-refractivity contribution >= 4 is 38.9 Å². The molecule has 0 saturated heterocycles. The summed E-state index contributed by atoms with van der Waals surface area (Å²) in [6, 6.07) is 10.7. The van der Waals surface area contributed by atoms with Gasteiger partial charge in [-0.2, -0.15) is 0 Å². The third-order valence-electron chi connectivity index (χ3n) is 3.26. The second kappa shape index (κ2) is 7.60. The summed E-state index contributed by atoms with van der Waals surface area (Å²) in [6.45, 7) is 5.28. The van der Waals surface area contributed by atoms with Crippen LogP contribution in [0.2, 0.25) is 5.02 Å². The van der Waals surface area contributed by atoms with Gasteiger partial charge in [0.15, 0.2) is 0 Å². The third-order valence-corrected chi connectivity index (χ3v) is 5.46. The van der Waals surface area contributed by atoms with Crippen LogP contribution in [0.15, 0.2) is 34.8 Å². The van der Waals surface area contributed by atoms with Crippen molar-refractivity contribution in [2.75, 3.05) is 6.54 Å². The zero-order chi connectivity index (χ0) is 14.5. The highest BCUT2D eigenvalue weighted by atomic mass is 79.9. The second-order valence-corrected chi connectivity index (χ2v) is 7.25. The molecule has 1 nitrogen and oxygen atoms in total. The summed E-state index contributed by atoms with van der Waals surface area (Å²) in [5.74, 6) is 0. The molecule has 1 heterocycles. The molecule has 1 aromatic heterocycles. The quantitative estimate of drug-likeness (QED) is 0.694. The Morgan fingerprint density at radius 2 is 1.95 bits per heavy atom. The molecule has 0 aliphatic heterocycles. The van der Waals surface area contributed by atoms with Gasteiger partial charge >= 0.3 is 0 Å². The van der Waals surface area contributed by atoms with Crippen molar-refractivity contribution < 1.29 is 0 Å². The van der Waals surface area contributed by atoms with Gasteiger partial charge in [-0.05, 0) is 48.9 Å². The Kier molecular flexibility index (Phi) is 6.09. The number of likely N-dealkylation sites (N-methyl/N-ethyl adjacent to an activating group) is 1. The molecule has 0 aliphatic rings. The molecule has 0 spiro atoms. The zero-order valence-electron chi connectivity index (χ0n) is 11.7. The van der Waals surface area contributed by atoms with Crippen molar-refractivity contribution in [3.8, 4) is 0 Å². The lowest BCUT2D eigenvalue weighted by Crippen LogP contribution is -2.23. The first-order valence-corrected chi connectivity index (χ1v) is 8.88. The highest BCUT2D eigenvalue weighted by molar-refractivity contribution is 9.10. The van der Waals surface area contributed by atoms with Crippen LogP contribution in [0.4, 0.5) is 0 Å². The summed E-state index contributed by atoms with van der Waals surface area (Å²) in [5.41, 5.74) is 1.23. The van der Waals surface area contributed by atoms with Gasteiger partial charge in [-0.15, -0.1) is 11.3 Å². The summed E-state index contributed by atoms with van der Waals surface area (Å²) in [4.78, 5) is 2.86. The minimum Gasteiger partial charge on any atom is -0.310 e. The first kappa shape index (κ1) is 16.0. The van der Waals surface area contributed by atoms with Gasteiger partial charge in [-0.1, -0.05) is 41.4 Å². The van der Waals surface area contributed by atoms with Crippen molar-refractivity contribution in [2.24, 2.45) is 0 Å². The van der Waals surface area contributed by atoms with E-state index in [1.54, 1.807) is 0 Å². The predicted molar refractivity (Wildman–Crippen MR) is 93.0 cm³/mol. The van der Waals surface area contributed by atoms with Crippen LogP contribution in [0.1, 0.15) is 35.2 Å². The zero-order valence-corrected chi connectivity index (χ0v) is 14.9. The van der Waals surface area contributed by atoms with E-state index >= 15 is 0 Å². The van der Waals surface area contributed by atoms with E-state index < -0.39 is 0 Å². The summed E-state index contributed by atoms with van der Waals surface area (Å²) < 4.78 is 1.11. The lowest BCUT2D eigenvalue weighted by Gasteiger charge is -2.19. The highest BCUT2D eigenvalue weighted by Crippen LogP contribution is 2.30. The molecule has 2 rings (SSSR count). The van der Waals surface area contributed by atoms with Gasteiger partial charge in [0, 0.05) is 31.7 Å². The molecule has 4 heteroatoms. The van der Waals surface area contributed by atoms with Crippen molar-refractivity contribution in [3.63, 3.8) is 0 Å². The van der Waals surface area contributed by atoms with Gasteiger partial charge in [-0.3, -0.25) is 0 Å².